The molecule has 1 aromatic carbocycles. The van der Waals surface area contributed by atoms with Crippen molar-refractivity contribution in [2.24, 2.45) is 0 Å². The van der Waals surface area contributed by atoms with Crippen molar-refractivity contribution >= 4 is 11.6 Å². The predicted octanol–water partition coefficient (Wildman–Crippen LogP) is 2.46. The Hall–Kier alpha value is -2.03. The standard InChI is InChI=1S/C12H13NO2/c1-2-3-4-9-12(15)13-10-7-5-6-8-11(10)14/h2-9,14H,1H3,(H,13,15). The van der Waals surface area contributed by atoms with Gasteiger partial charge in [-0.05, 0) is 19.1 Å². The van der Waals surface area contributed by atoms with E-state index in [1.165, 1.54) is 12.1 Å². The van der Waals surface area contributed by atoms with Crippen molar-refractivity contribution in [3.63, 3.8) is 0 Å². The molecule has 0 saturated carbocycles. The van der Waals surface area contributed by atoms with Gasteiger partial charge in [0.2, 0.25) is 5.91 Å². The third-order valence-electron chi connectivity index (χ3n) is 1.71. The lowest BCUT2D eigenvalue weighted by molar-refractivity contribution is -0.111. The number of carbonyl (C=O) groups is 1. The van der Waals surface area contributed by atoms with Gasteiger partial charge in [-0.2, -0.15) is 0 Å². The molecule has 1 rings (SSSR count). The molecule has 0 heterocycles. The van der Waals surface area contributed by atoms with E-state index in [0.29, 0.717) is 5.69 Å². The summed E-state index contributed by atoms with van der Waals surface area (Å²) in [6.07, 6.45) is 6.61. The Balaban J connectivity index is 2.63. The zero-order valence-electron chi connectivity index (χ0n) is 8.47. The molecule has 0 saturated heterocycles. The number of carbonyl (C=O) groups excluding carboxylic acids is 1. The topological polar surface area (TPSA) is 49.3 Å². The first-order valence-corrected chi connectivity index (χ1v) is 4.62. The van der Waals surface area contributed by atoms with Crippen molar-refractivity contribution in [1.29, 1.82) is 0 Å². The molecule has 78 valence electrons. The molecule has 1 aromatic rings. The average Bonchev–Trinajstić information content (AvgIpc) is 2.22. The summed E-state index contributed by atoms with van der Waals surface area (Å²) >= 11 is 0. The Morgan fingerprint density at radius 1 is 1.33 bits per heavy atom. The summed E-state index contributed by atoms with van der Waals surface area (Å²) in [5.41, 5.74) is 0.410. The van der Waals surface area contributed by atoms with E-state index < -0.39 is 0 Å². The third-order valence-corrected chi connectivity index (χ3v) is 1.71. The number of benzene rings is 1. The lowest BCUT2D eigenvalue weighted by Crippen LogP contribution is -2.07. The molecule has 0 atom stereocenters. The Labute approximate surface area is 88.7 Å². The highest BCUT2D eigenvalue weighted by Gasteiger charge is 2.01. The van der Waals surface area contributed by atoms with Crippen LogP contribution < -0.4 is 5.32 Å². The number of phenols is 1. The van der Waals surface area contributed by atoms with E-state index in [9.17, 15) is 9.90 Å². The molecule has 0 spiro atoms. The van der Waals surface area contributed by atoms with E-state index in [1.54, 1.807) is 30.4 Å². The van der Waals surface area contributed by atoms with Crippen LogP contribution in [0, 0.1) is 0 Å². The lowest BCUT2D eigenvalue weighted by atomic mass is 10.3. The Kier molecular flexibility index (Phi) is 4.16. The molecule has 1 amide bonds. The molecular weight excluding hydrogens is 190 g/mol. The van der Waals surface area contributed by atoms with E-state index in [1.807, 2.05) is 13.0 Å². The molecule has 0 aliphatic carbocycles. The second kappa shape index (κ2) is 5.65. The van der Waals surface area contributed by atoms with Crippen molar-refractivity contribution in [2.45, 2.75) is 6.92 Å². The molecule has 0 aliphatic rings. The van der Waals surface area contributed by atoms with E-state index in [4.69, 9.17) is 0 Å². The summed E-state index contributed by atoms with van der Waals surface area (Å²) in [7, 11) is 0. The minimum atomic E-state index is -0.269. The van der Waals surface area contributed by atoms with Crippen LogP contribution in [-0.2, 0) is 4.79 Å². The van der Waals surface area contributed by atoms with Gasteiger partial charge in [-0.25, -0.2) is 0 Å². The number of aromatic hydroxyl groups is 1. The minimum absolute atomic E-state index is 0.0604. The van der Waals surface area contributed by atoms with Crippen molar-refractivity contribution in [2.75, 3.05) is 5.32 Å². The number of hydrogen-bond acceptors (Lipinski definition) is 2. The van der Waals surface area contributed by atoms with Gasteiger partial charge in [-0.1, -0.05) is 30.4 Å². The first kappa shape index (κ1) is 11.0. The quantitative estimate of drug-likeness (QED) is 0.450. The SMILES string of the molecule is CC=CC=CC(=O)Nc1ccccc1O. The van der Waals surface area contributed by atoms with Crippen molar-refractivity contribution < 1.29 is 9.90 Å². The fourth-order valence-corrected chi connectivity index (χ4v) is 1.01. The molecule has 0 aromatic heterocycles. The van der Waals surface area contributed by atoms with Gasteiger partial charge in [-0.15, -0.1) is 0 Å². The second-order valence-electron chi connectivity index (χ2n) is 2.89. The molecule has 0 bridgehead atoms. The van der Waals surface area contributed by atoms with E-state index in [0.717, 1.165) is 0 Å². The highest BCUT2D eigenvalue weighted by molar-refractivity contribution is 6.00. The molecular formula is C12H13NO2. The van der Waals surface area contributed by atoms with Gasteiger partial charge >= 0.3 is 0 Å². The number of hydrogen-bond donors (Lipinski definition) is 2. The molecule has 2 N–H and O–H groups in total. The number of para-hydroxylation sites is 2. The number of rotatable bonds is 3. The number of amides is 1. The Morgan fingerprint density at radius 2 is 2.07 bits per heavy atom. The van der Waals surface area contributed by atoms with Gasteiger partial charge in [0.1, 0.15) is 5.75 Å². The largest absolute Gasteiger partial charge is 0.506 e. The molecule has 3 nitrogen and oxygen atoms in total. The number of allylic oxidation sites excluding steroid dienone is 3. The molecule has 0 unspecified atom stereocenters. The van der Waals surface area contributed by atoms with Crippen LogP contribution >= 0.6 is 0 Å². The Bertz CT molecular complexity index is 394. The number of phenolic OH excluding ortho intramolecular Hbond substituents is 1. The highest BCUT2D eigenvalue weighted by Crippen LogP contribution is 2.21. The van der Waals surface area contributed by atoms with Crippen LogP contribution in [0.4, 0.5) is 5.69 Å². The van der Waals surface area contributed by atoms with Crippen LogP contribution in [0.5, 0.6) is 5.75 Å². The molecule has 3 heteroatoms. The second-order valence-corrected chi connectivity index (χ2v) is 2.89. The van der Waals surface area contributed by atoms with Crippen LogP contribution in [-0.4, -0.2) is 11.0 Å². The Morgan fingerprint density at radius 3 is 2.73 bits per heavy atom. The van der Waals surface area contributed by atoms with Crippen LogP contribution in [0.25, 0.3) is 0 Å². The first-order chi connectivity index (χ1) is 7.24. The normalized spacial score (nSPS) is 11.0. The number of nitrogens with one attached hydrogen (secondary N) is 1. The average molecular weight is 203 g/mol. The maximum absolute atomic E-state index is 11.3. The number of anilines is 1. The smallest absolute Gasteiger partial charge is 0.248 e. The fraction of sp³-hybridized carbons (Fsp3) is 0.0833. The summed E-state index contributed by atoms with van der Waals surface area (Å²) < 4.78 is 0. The van der Waals surface area contributed by atoms with E-state index in [-0.39, 0.29) is 11.7 Å². The van der Waals surface area contributed by atoms with E-state index in [2.05, 4.69) is 5.32 Å². The maximum atomic E-state index is 11.3. The monoisotopic (exact) mass is 203 g/mol. The zero-order chi connectivity index (χ0) is 11.1. The molecule has 15 heavy (non-hydrogen) atoms. The van der Waals surface area contributed by atoms with Crippen LogP contribution in [0.2, 0.25) is 0 Å². The molecule has 0 fully saturated rings. The minimum Gasteiger partial charge on any atom is -0.506 e. The summed E-state index contributed by atoms with van der Waals surface area (Å²) in [6.45, 7) is 1.87. The van der Waals surface area contributed by atoms with Gasteiger partial charge in [0.05, 0.1) is 5.69 Å². The van der Waals surface area contributed by atoms with Crippen molar-refractivity contribution in [3.05, 3.63) is 48.6 Å². The zero-order valence-corrected chi connectivity index (χ0v) is 8.47. The molecule has 0 aliphatic heterocycles. The summed E-state index contributed by atoms with van der Waals surface area (Å²) in [5, 5.41) is 11.9. The summed E-state index contributed by atoms with van der Waals surface area (Å²) in [4.78, 5) is 11.3. The lowest BCUT2D eigenvalue weighted by Gasteiger charge is -2.03. The van der Waals surface area contributed by atoms with Crippen LogP contribution in [0.3, 0.4) is 0 Å². The van der Waals surface area contributed by atoms with Crippen LogP contribution in [0.1, 0.15) is 6.92 Å². The van der Waals surface area contributed by atoms with Crippen molar-refractivity contribution in [1.82, 2.24) is 0 Å². The van der Waals surface area contributed by atoms with Gasteiger partial charge < -0.3 is 10.4 Å². The fourth-order valence-electron chi connectivity index (χ4n) is 1.01. The van der Waals surface area contributed by atoms with Gasteiger partial charge in [0.15, 0.2) is 0 Å². The first-order valence-electron chi connectivity index (χ1n) is 4.62. The van der Waals surface area contributed by atoms with Crippen molar-refractivity contribution in [3.8, 4) is 5.75 Å². The van der Waals surface area contributed by atoms with Crippen LogP contribution in [0.15, 0.2) is 48.6 Å². The van der Waals surface area contributed by atoms with E-state index >= 15 is 0 Å². The summed E-state index contributed by atoms with van der Waals surface area (Å²) in [6, 6.07) is 6.59. The highest BCUT2D eigenvalue weighted by atomic mass is 16.3. The third kappa shape index (κ3) is 3.68. The molecule has 0 radical (unpaired) electrons. The predicted molar refractivity (Wildman–Crippen MR) is 60.7 cm³/mol. The van der Waals surface area contributed by atoms with Gasteiger partial charge in [0.25, 0.3) is 0 Å². The maximum Gasteiger partial charge on any atom is 0.248 e. The van der Waals surface area contributed by atoms with Gasteiger partial charge in [-0.3, -0.25) is 4.79 Å². The summed E-state index contributed by atoms with van der Waals surface area (Å²) in [5.74, 6) is -0.208. The van der Waals surface area contributed by atoms with Gasteiger partial charge in [0, 0.05) is 6.08 Å².